The summed E-state index contributed by atoms with van der Waals surface area (Å²) in [6.45, 7) is 2.23. The third-order valence-electron chi connectivity index (χ3n) is 4.57. The van der Waals surface area contributed by atoms with Crippen molar-refractivity contribution in [3.8, 4) is 0 Å². The van der Waals surface area contributed by atoms with Crippen LogP contribution in [0.3, 0.4) is 0 Å². The van der Waals surface area contributed by atoms with Gasteiger partial charge in [-0.05, 0) is 25.0 Å². The molecule has 1 aromatic rings. The smallest absolute Gasteiger partial charge is 0.326 e. The van der Waals surface area contributed by atoms with Crippen LogP contribution in [0.5, 0.6) is 0 Å². The molecule has 0 radical (unpaired) electrons. The van der Waals surface area contributed by atoms with Gasteiger partial charge in [0.2, 0.25) is 0 Å². The number of halogens is 2. The summed E-state index contributed by atoms with van der Waals surface area (Å²) in [7, 11) is 0. The van der Waals surface area contributed by atoms with Gasteiger partial charge in [0.25, 0.3) is 11.9 Å². The van der Waals surface area contributed by atoms with E-state index in [4.69, 9.17) is 27.9 Å². The molecule has 3 N–H and O–H groups in total. The van der Waals surface area contributed by atoms with E-state index in [-0.39, 0.29) is 15.6 Å². The number of carboxylic acids is 1. The molecule has 0 aromatic heterocycles. The number of unbranched alkanes of at least 4 members (excludes halogenated alkanes) is 5. The molecule has 1 amide bonds. The van der Waals surface area contributed by atoms with Crippen LogP contribution in [-0.2, 0) is 9.53 Å². The van der Waals surface area contributed by atoms with E-state index in [9.17, 15) is 14.7 Å². The van der Waals surface area contributed by atoms with Crippen LogP contribution in [0.15, 0.2) is 23.2 Å². The normalized spacial score (nSPS) is 14.1. The Labute approximate surface area is 180 Å². The maximum atomic E-state index is 12.4. The first-order chi connectivity index (χ1) is 14.0. The van der Waals surface area contributed by atoms with Gasteiger partial charge in [-0.3, -0.25) is 4.79 Å². The van der Waals surface area contributed by atoms with E-state index in [2.05, 4.69) is 15.6 Å². The highest BCUT2D eigenvalue weighted by molar-refractivity contribution is 6.39. The molecule has 9 heteroatoms. The quantitative estimate of drug-likeness (QED) is 0.425. The van der Waals surface area contributed by atoms with E-state index in [1.807, 2.05) is 0 Å². The summed E-state index contributed by atoms with van der Waals surface area (Å²) in [4.78, 5) is 28.0. The van der Waals surface area contributed by atoms with Gasteiger partial charge in [-0.1, -0.05) is 61.4 Å². The van der Waals surface area contributed by atoms with Crippen molar-refractivity contribution in [1.29, 1.82) is 0 Å². The number of carbonyl (C=O) groups excluding carboxylic acids is 1. The lowest BCUT2D eigenvalue weighted by atomic mass is 10.0. The number of nitrogens with one attached hydrogen (secondary N) is 2. The number of hydrogen-bond donors (Lipinski definition) is 3. The predicted molar refractivity (Wildman–Crippen MR) is 114 cm³/mol. The standard InChI is InChI=1S/C20H27Cl2N3O4/c21-14-8-7-9-15(22)17(14)18(26)25-16(19(27)28)10-5-3-1-2-4-6-11-23-20-24-12-13-29-20/h7-9,16H,1-6,10-13H2,(H,23,24)(H,25,26)(H,27,28)/t16-/m0/s1. The van der Waals surface area contributed by atoms with Crippen LogP contribution < -0.4 is 10.6 Å². The number of aliphatic imine (C=N–C) groups is 1. The van der Waals surface area contributed by atoms with Crippen molar-refractivity contribution in [3.05, 3.63) is 33.8 Å². The molecule has 0 aliphatic carbocycles. The molecule has 1 aliphatic rings. The van der Waals surface area contributed by atoms with Gasteiger partial charge in [-0.15, -0.1) is 0 Å². The Bertz CT molecular complexity index is 707. The molecule has 0 spiro atoms. The lowest BCUT2D eigenvalue weighted by Crippen LogP contribution is -2.41. The van der Waals surface area contributed by atoms with Crippen molar-refractivity contribution in [2.75, 3.05) is 19.7 Å². The van der Waals surface area contributed by atoms with Crippen LogP contribution in [0, 0.1) is 0 Å². The fraction of sp³-hybridized carbons (Fsp3) is 0.550. The van der Waals surface area contributed by atoms with E-state index in [1.54, 1.807) is 18.2 Å². The molecule has 0 saturated heterocycles. The number of carboxylic acid groups (broad SMARTS) is 1. The van der Waals surface area contributed by atoms with Gasteiger partial charge >= 0.3 is 5.97 Å². The number of rotatable bonds is 12. The Morgan fingerprint density at radius 2 is 1.76 bits per heavy atom. The number of carbonyl (C=O) groups is 2. The van der Waals surface area contributed by atoms with Gasteiger partial charge in [0.05, 0.1) is 22.2 Å². The fourth-order valence-electron chi connectivity index (χ4n) is 3.02. The molecule has 0 bridgehead atoms. The summed E-state index contributed by atoms with van der Waals surface area (Å²) in [5, 5.41) is 15.5. The highest BCUT2D eigenvalue weighted by atomic mass is 35.5. The van der Waals surface area contributed by atoms with Crippen LogP contribution in [0.2, 0.25) is 10.0 Å². The number of hydrogen-bond acceptors (Lipinski definition) is 5. The van der Waals surface area contributed by atoms with Gasteiger partial charge in [-0.25, -0.2) is 9.79 Å². The lowest BCUT2D eigenvalue weighted by Gasteiger charge is -2.15. The van der Waals surface area contributed by atoms with E-state index < -0.39 is 17.9 Å². The first kappa shape index (κ1) is 23.3. The topological polar surface area (TPSA) is 100 Å². The number of ether oxygens (including phenoxy) is 1. The maximum absolute atomic E-state index is 12.4. The second-order valence-corrected chi connectivity index (χ2v) is 7.65. The number of nitrogens with zero attached hydrogens (tertiary/aromatic N) is 1. The van der Waals surface area contributed by atoms with E-state index in [0.717, 1.165) is 51.6 Å². The molecule has 1 aliphatic heterocycles. The Hall–Kier alpha value is -1.99. The van der Waals surface area contributed by atoms with Crippen molar-refractivity contribution in [1.82, 2.24) is 10.6 Å². The number of benzene rings is 1. The molecule has 0 unspecified atom stereocenters. The third-order valence-corrected chi connectivity index (χ3v) is 5.20. The highest BCUT2D eigenvalue weighted by Gasteiger charge is 2.22. The Morgan fingerprint density at radius 1 is 1.10 bits per heavy atom. The monoisotopic (exact) mass is 443 g/mol. The highest BCUT2D eigenvalue weighted by Crippen LogP contribution is 2.24. The molecule has 1 aromatic carbocycles. The minimum absolute atomic E-state index is 0.102. The fourth-order valence-corrected chi connectivity index (χ4v) is 3.59. The van der Waals surface area contributed by atoms with Crippen molar-refractivity contribution >= 4 is 41.1 Å². The van der Waals surface area contributed by atoms with E-state index >= 15 is 0 Å². The van der Waals surface area contributed by atoms with E-state index in [0.29, 0.717) is 19.0 Å². The molecule has 1 atom stereocenters. The molecule has 0 fully saturated rings. The predicted octanol–water partition coefficient (Wildman–Crippen LogP) is 3.88. The van der Waals surface area contributed by atoms with Crippen molar-refractivity contribution in [2.24, 2.45) is 4.99 Å². The average molecular weight is 444 g/mol. The number of amidine groups is 1. The third kappa shape index (κ3) is 8.11. The zero-order valence-electron chi connectivity index (χ0n) is 16.3. The molecular formula is C20H27Cl2N3O4. The zero-order chi connectivity index (χ0) is 21.1. The van der Waals surface area contributed by atoms with Gasteiger partial charge in [0.1, 0.15) is 12.6 Å². The van der Waals surface area contributed by atoms with Gasteiger partial charge in [0, 0.05) is 6.54 Å². The molecule has 2 rings (SSSR count). The SMILES string of the molecule is O=C(N[C@@H](CCCCCCCCNC1=NCCO1)C(=O)O)c1c(Cl)cccc1Cl. The van der Waals surface area contributed by atoms with Crippen molar-refractivity contribution in [3.63, 3.8) is 0 Å². The summed E-state index contributed by atoms with van der Waals surface area (Å²) in [5.41, 5.74) is 0.102. The maximum Gasteiger partial charge on any atom is 0.326 e. The van der Waals surface area contributed by atoms with Crippen LogP contribution in [-0.4, -0.2) is 48.7 Å². The minimum atomic E-state index is -1.07. The molecular weight excluding hydrogens is 417 g/mol. The van der Waals surface area contributed by atoms with Gasteiger partial charge < -0.3 is 20.5 Å². The zero-order valence-corrected chi connectivity index (χ0v) is 17.8. The molecule has 0 saturated carbocycles. The summed E-state index contributed by atoms with van der Waals surface area (Å²) in [6, 6.07) is 4.39. The average Bonchev–Trinajstić information content (AvgIpc) is 3.19. The number of amides is 1. The van der Waals surface area contributed by atoms with Crippen LogP contribution in [0.1, 0.15) is 55.3 Å². The van der Waals surface area contributed by atoms with E-state index in [1.165, 1.54) is 0 Å². The second kappa shape index (κ2) is 12.5. The summed E-state index contributed by atoms with van der Waals surface area (Å²) < 4.78 is 5.27. The first-order valence-corrected chi connectivity index (χ1v) is 10.6. The molecule has 29 heavy (non-hydrogen) atoms. The Kier molecular flexibility index (Phi) is 10.1. The first-order valence-electron chi connectivity index (χ1n) is 9.88. The van der Waals surface area contributed by atoms with Crippen molar-refractivity contribution in [2.45, 2.75) is 51.0 Å². The van der Waals surface area contributed by atoms with Crippen LogP contribution in [0.4, 0.5) is 0 Å². The lowest BCUT2D eigenvalue weighted by molar-refractivity contribution is -0.139. The minimum Gasteiger partial charge on any atom is -0.480 e. The van der Waals surface area contributed by atoms with Crippen molar-refractivity contribution < 1.29 is 19.4 Å². The Morgan fingerprint density at radius 3 is 2.38 bits per heavy atom. The van der Waals surface area contributed by atoms with Gasteiger partial charge in [-0.2, -0.15) is 0 Å². The number of aliphatic carboxylic acids is 1. The largest absolute Gasteiger partial charge is 0.480 e. The molecule has 160 valence electrons. The molecule has 1 heterocycles. The molecule has 7 nitrogen and oxygen atoms in total. The second-order valence-electron chi connectivity index (χ2n) is 6.83. The van der Waals surface area contributed by atoms with Crippen LogP contribution in [0.25, 0.3) is 0 Å². The van der Waals surface area contributed by atoms with Gasteiger partial charge in [0.15, 0.2) is 0 Å². The summed E-state index contributed by atoms with van der Waals surface area (Å²) in [5.74, 6) is -1.64. The summed E-state index contributed by atoms with van der Waals surface area (Å²) >= 11 is 12.0. The van der Waals surface area contributed by atoms with Crippen LogP contribution >= 0.6 is 23.2 Å². The summed E-state index contributed by atoms with van der Waals surface area (Å²) in [6.07, 6.45) is 6.22. The Balaban J connectivity index is 1.61.